The molecule has 0 spiro atoms. The molecule has 2 heterocycles. The molecule has 1 aliphatic heterocycles. The molecule has 1 aliphatic carbocycles. The first-order valence-corrected chi connectivity index (χ1v) is 8.12. The number of aromatic nitrogens is 2. The van der Waals surface area contributed by atoms with Crippen LogP contribution in [0.4, 0.5) is 0 Å². The number of rotatable bonds is 3. The summed E-state index contributed by atoms with van der Waals surface area (Å²) in [4.78, 5) is 16.4. The second kappa shape index (κ2) is 5.56. The monoisotopic (exact) mass is 319 g/mol. The zero-order valence-corrected chi connectivity index (χ0v) is 12.9. The lowest BCUT2D eigenvalue weighted by Crippen LogP contribution is -2.48. The molecule has 1 N–H and O–H groups in total. The summed E-state index contributed by atoms with van der Waals surface area (Å²) in [7, 11) is 0. The van der Waals surface area contributed by atoms with Gasteiger partial charge in [-0.25, -0.2) is 4.98 Å². The molecule has 116 valence electrons. The normalized spacial score (nSPS) is 27.8. The predicted octanol–water partition coefficient (Wildman–Crippen LogP) is 2.69. The van der Waals surface area contributed by atoms with Crippen LogP contribution in [-0.4, -0.2) is 34.2 Å². The molecule has 1 amide bonds. The Hall–Kier alpha value is -1.59. The lowest BCUT2D eigenvalue weighted by atomic mass is 9.86. The highest BCUT2D eigenvalue weighted by molar-refractivity contribution is 6.31. The van der Waals surface area contributed by atoms with E-state index in [-0.39, 0.29) is 18.1 Å². The number of amides is 1. The largest absolute Gasteiger partial charge is 0.368 e. The number of nitrogens with one attached hydrogen (secondary N) is 1. The predicted molar refractivity (Wildman–Crippen MR) is 83.9 cm³/mol. The van der Waals surface area contributed by atoms with Gasteiger partial charge in [-0.3, -0.25) is 4.79 Å². The maximum absolute atomic E-state index is 12.0. The first-order chi connectivity index (χ1) is 10.7. The smallest absolute Gasteiger partial charge is 0.249 e. The van der Waals surface area contributed by atoms with Crippen molar-refractivity contribution in [3.63, 3.8) is 0 Å². The van der Waals surface area contributed by atoms with Gasteiger partial charge in [0, 0.05) is 23.7 Å². The molecule has 5 nitrogen and oxygen atoms in total. The van der Waals surface area contributed by atoms with Gasteiger partial charge in [0.1, 0.15) is 6.10 Å². The van der Waals surface area contributed by atoms with Crippen LogP contribution in [0.25, 0.3) is 11.0 Å². The molecule has 1 atom stereocenters. The van der Waals surface area contributed by atoms with E-state index in [2.05, 4.69) is 14.9 Å². The van der Waals surface area contributed by atoms with Crippen LogP contribution in [0.15, 0.2) is 24.5 Å². The van der Waals surface area contributed by atoms with Crippen LogP contribution in [0.1, 0.15) is 31.7 Å². The highest BCUT2D eigenvalue weighted by Crippen LogP contribution is 2.35. The van der Waals surface area contributed by atoms with E-state index in [0.717, 1.165) is 41.7 Å². The van der Waals surface area contributed by atoms with Crippen molar-refractivity contribution >= 4 is 28.5 Å². The van der Waals surface area contributed by atoms with E-state index < -0.39 is 0 Å². The van der Waals surface area contributed by atoms with Gasteiger partial charge in [-0.1, -0.05) is 11.6 Å². The van der Waals surface area contributed by atoms with E-state index in [1.807, 2.05) is 24.5 Å². The van der Waals surface area contributed by atoms with Crippen LogP contribution in [0.2, 0.25) is 5.02 Å². The Morgan fingerprint density at radius 3 is 3.05 bits per heavy atom. The second-order valence-electron chi connectivity index (χ2n) is 6.12. The minimum Gasteiger partial charge on any atom is -0.368 e. The van der Waals surface area contributed by atoms with Crippen molar-refractivity contribution in [2.45, 2.75) is 43.9 Å². The number of hydrogen-bond acceptors (Lipinski definition) is 3. The van der Waals surface area contributed by atoms with Crippen molar-refractivity contribution in [2.75, 3.05) is 6.61 Å². The minimum atomic E-state index is -0.244. The summed E-state index contributed by atoms with van der Waals surface area (Å²) in [5.74, 6) is 0.0412. The molecule has 0 bridgehead atoms. The SMILES string of the molecule is O=C(N[C@H]1C[C@@H](n2cnc3ccc(Cl)cc32)C1)[C@@H]1CCCO1. The summed E-state index contributed by atoms with van der Waals surface area (Å²) < 4.78 is 7.57. The zero-order chi connectivity index (χ0) is 15.1. The molecule has 0 radical (unpaired) electrons. The summed E-state index contributed by atoms with van der Waals surface area (Å²) in [6.07, 6.45) is 5.29. The van der Waals surface area contributed by atoms with Crippen LogP contribution in [0, 0.1) is 0 Å². The molecule has 1 saturated carbocycles. The third-order valence-corrected chi connectivity index (χ3v) is 4.85. The number of carbonyl (C=O) groups excluding carboxylic acids is 1. The van der Waals surface area contributed by atoms with E-state index in [0.29, 0.717) is 12.6 Å². The van der Waals surface area contributed by atoms with Crippen molar-refractivity contribution in [1.82, 2.24) is 14.9 Å². The number of ether oxygens (including phenoxy) is 1. The summed E-state index contributed by atoms with van der Waals surface area (Å²) >= 11 is 6.07. The van der Waals surface area contributed by atoms with Gasteiger partial charge < -0.3 is 14.6 Å². The number of fused-ring (bicyclic) bond motifs is 1. The third kappa shape index (κ3) is 2.48. The zero-order valence-electron chi connectivity index (χ0n) is 12.2. The number of hydrogen-bond donors (Lipinski definition) is 1. The van der Waals surface area contributed by atoms with Gasteiger partial charge in [0.15, 0.2) is 0 Å². The van der Waals surface area contributed by atoms with Crippen molar-refractivity contribution < 1.29 is 9.53 Å². The average Bonchev–Trinajstić information content (AvgIpc) is 3.11. The van der Waals surface area contributed by atoms with E-state index in [4.69, 9.17) is 16.3 Å². The Morgan fingerprint density at radius 1 is 1.41 bits per heavy atom. The molecule has 1 aromatic heterocycles. The Bertz CT molecular complexity index is 702. The summed E-state index contributed by atoms with van der Waals surface area (Å²) in [6, 6.07) is 6.34. The molecule has 2 aromatic rings. The maximum atomic E-state index is 12.0. The first-order valence-electron chi connectivity index (χ1n) is 7.75. The number of nitrogens with zero attached hydrogens (tertiary/aromatic N) is 2. The van der Waals surface area contributed by atoms with Crippen LogP contribution in [-0.2, 0) is 9.53 Å². The van der Waals surface area contributed by atoms with Gasteiger partial charge in [0.2, 0.25) is 5.91 Å². The van der Waals surface area contributed by atoms with Gasteiger partial charge in [-0.2, -0.15) is 0 Å². The van der Waals surface area contributed by atoms with E-state index in [1.54, 1.807) is 0 Å². The van der Waals surface area contributed by atoms with Crippen LogP contribution in [0.3, 0.4) is 0 Å². The third-order valence-electron chi connectivity index (χ3n) is 4.61. The van der Waals surface area contributed by atoms with Crippen molar-refractivity contribution in [2.24, 2.45) is 0 Å². The van der Waals surface area contributed by atoms with Crippen molar-refractivity contribution in [3.8, 4) is 0 Å². The fourth-order valence-corrected chi connectivity index (χ4v) is 3.47. The minimum absolute atomic E-state index is 0.0412. The summed E-state index contributed by atoms with van der Waals surface area (Å²) in [6.45, 7) is 0.702. The highest BCUT2D eigenvalue weighted by Gasteiger charge is 2.34. The molecular weight excluding hydrogens is 302 g/mol. The molecule has 22 heavy (non-hydrogen) atoms. The molecule has 1 aromatic carbocycles. The number of carbonyl (C=O) groups is 1. The molecule has 1 saturated heterocycles. The van der Waals surface area contributed by atoms with Crippen molar-refractivity contribution in [3.05, 3.63) is 29.5 Å². The Morgan fingerprint density at radius 2 is 2.27 bits per heavy atom. The summed E-state index contributed by atoms with van der Waals surface area (Å²) in [5.41, 5.74) is 2.01. The van der Waals surface area contributed by atoms with E-state index in [9.17, 15) is 4.79 Å². The van der Waals surface area contributed by atoms with Gasteiger partial charge in [-0.05, 0) is 43.9 Å². The number of imidazole rings is 1. The topological polar surface area (TPSA) is 56.2 Å². The lowest BCUT2D eigenvalue weighted by Gasteiger charge is -2.37. The highest BCUT2D eigenvalue weighted by atomic mass is 35.5. The molecular formula is C16H18ClN3O2. The van der Waals surface area contributed by atoms with Crippen molar-refractivity contribution in [1.29, 1.82) is 0 Å². The molecule has 0 unspecified atom stereocenters. The first kappa shape index (κ1) is 14.0. The molecule has 6 heteroatoms. The number of halogens is 1. The fourth-order valence-electron chi connectivity index (χ4n) is 3.30. The quantitative estimate of drug-likeness (QED) is 0.946. The second-order valence-corrected chi connectivity index (χ2v) is 6.55. The fraction of sp³-hybridized carbons (Fsp3) is 0.500. The molecule has 4 rings (SSSR count). The Labute approximate surface area is 133 Å². The Kier molecular flexibility index (Phi) is 3.54. The van der Waals surface area contributed by atoms with Crippen LogP contribution < -0.4 is 5.32 Å². The Balaban J connectivity index is 1.40. The van der Waals surface area contributed by atoms with Crippen LogP contribution >= 0.6 is 11.6 Å². The van der Waals surface area contributed by atoms with Gasteiger partial charge in [0.25, 0.3) is 0 Å². The van der Waals surface area contributed by atoms with Crippen LogP contribution in [0.5, 0.6) is 0 Å². The van der Waals surface area contributed by atoms with Gasteiger partial charge in [-0.15, -0.1) is 0 Å². The average molecular weight is 320 g/mol. The van der Waals surface area contributed by atoms with Gasteiger partial charge in [0.05, 0.1) is 17.4 Å². The van der Waals surface area contributed by atoms with E-state index in [1.165, 1.54) is 0 Å². The summed E-state index contributed by atoms with van der Waals surface area (Å²) in [5, 5.41) is 3.81. The lowest BCUT2D eigenvalue weighted by molar-refractivity contribution is -0.131. The maximum Gasteiger partial charge on any atom is 0.249 e. The molecule has 2 aliphatic rings. The number of benzene rings is 1. The van der Waals surface area contributed by atoms with E-state index >= 15 is 0 Å². The van der Waals surface area contributed by atoms with Gasteiger partial charge >= 0.3 is 0 Å². The standard InChI is InChI=1S/C16H18ClN3O2/c17-10-3-4-13-14(6-10)20(9-18-13)12-7-11(8-12)19-16(21)15-2-1-5-22-15/h3-4,6,9,11-12,15H,1-2,5,7-8H2,(H,19,21)/t11-,12+,15-/m0/s1. The molecule has 2 fully saturated rings.